The van der Waals surface area contributed by atoms with E-state index in [0.29, 0.717) is 5.41 Å². The fourth-order valence-electron chi connectivity index (χ4n) is 4.30. The number of likely N-dealkylation sites (tertiary alicyclic amines) is 2. The fraction of sp³-hybridized carbons (Fsp3) is 1.00. The van der Waals surface area contributed by atoms with Crippen LogP contribution < -0.4 is 5.73 Å². The summed E-state index contributed by atoms with van der Waals surface area (Å²) < 4.78 is 0. The van der Waals surface area contributed by atoms with Crippen LogP contribution in [0.5, 0.6) is 0 Å². The van der Waals surface area contributed by atoms with Gasteiger partial charge in [-0.3, -0.25) is 0 Å². The molecule has 0 bridgehead atoms. The van der Waals surface area contributed by atoms with Crippen molar-refractivity contribution < 1.29 is 0 Å². The van der Waals surface area contributed by atoms with Gasteiger partial charge in [-0.2, -0.15) is 0 Å². The van der Waals surface area contributed by atoms with Crippen LogP contribution >= 0.6 is 0 Å². The number of piperidine rings is 2. The second-order valence-electron chi connectivity index (χ2n) is 7.16. The largest absolute Gasteiger partial charge is 0.330 e. The topological polar surface area (TPSA) is 32.5 Å². The van der Waals surface area contributed by atoms with E-state index in [2.05, 4.69) is 9.80 Å². The normalized spacial score (nSPS) is 30.2. The van der Waals surface area contributed by atoms with Crippen LogP contribution in [-0.2, 0) is 0 Å². The summed E-state index contributed by atoms with van der Waals surface area (Å²) in [6.07, 6.45) is 11.2. The molecule has 1 aliphatic carbocycles. The van der Waals surface area contributed by atoms with Crippen molar-refractivity contribution in [3.63, 3.8) is 0 Å². The van der Waals surface area contributed by atoms with Crippen molar-refractivity contribution >= 4 is 0 Å². The van der Waals surface area contributed by atoms with E-state index in [1.807, 2.05) is 0 Å². The predicted molar refractivity (Wildman–Crippen MR) is 80.2 cm³/mol. The summed E-state index contributed by atoms with van der Waals surface area (Å²) in [6, 6.07) is 0.881. The Balaban J connectivity index is 1.44. The van der Waals surface area contributed by atoms with E-state index in [1.165, 1.54) is 84.1 Å². The van der Waals surface area contributed by atoms with Gasteiger partial charge < -0.3 is 15.5 Å². The molecule has 3 rings (SSSR count). The summed E-state index contributed by atoms with van der Waals surface area (Å²) in [5.74, 6) is 0. The van der Waals surface area contributed by atoms with Crippen molar-refractivity contribution in [3.05, 3.63) is 0 Å². The van der Waals surface area contributed by atoms with Crippen LogP contribution in [0.3, 0.4) is 0 Å². The number of hydrogen-bond donors (Lipinski definition) is 1. The molecule has 0 spiro atoms. The van der Waals surface area contributed by atoms with Gasteiger partial charge in [0.1, 0.15) is 0 Å². The maximum atomic E-state index is 6.00. The van der Waals surface area contributed by atoms with Crippen molar-refractivity contribution in [1.82, 2.24) is 9.80 Å². The molecule has 0 unspecified atom stereocenters. The molecule has 110 valence electrons. The van der Waals surface area contributed by atoms with Crippen molar-refractivity contribution in [3.8, 4) is 0 Å². The van der Waals surface area contributed by atoms with Crippen LogP contribution in [-0.4, -0.2) is 55.1 Å². The second kappa shape index (κ2) is 6.11. The molecule has 0 radical (unpaired) electrons. The van der Waals surface area contributed by atoms with E-state index < -0.39 is 0 Å². The van der Waals surface area contributed by atoms with Gasteiger partial charge in [0.15, 0.2) is 0 Å². The SMILES string of the molecule is NCC1(CN2CCC(N3CCCCC3)CC2)CCC1. The maximum Gasteiger partial charge on any atom is 0.0120 e. The van der Waals surface area contributed by atoms with E-state index in [0.717, 1.165) is 12.6 Å². The molecule has 3 heteroatoms. The molecule has 2 saturated heterocycles. The molecule has 2 heterocycles. The van der Waals surface area contributed by atoms with Crippen molar-refractivity contribution in [2.24, 2.45) is 11.1 Å². The van der Waals surface area contributed by atoms with E-state index in [9.17, 15) is 0 Å². The highest BCUT2D eigenvalue weighted by Crippen LogP contribution is 2.41. The molecule has 2 N–H and O–H groups in total. The Labute approximate surface area is 118 Å². The van der Waals surface area contributed by atoms with Crippen molar-refractivity contribution in [2.75, 3.05) is 39.3 Å². The lowest BCUT2D eigenvalue weighted by Crippen LogP contribution is -2.52. The van der Waals surface area contributed by atoms with Crippen LogP contribution in [0.1, 0.15) is 51.4 Å². The molecule has 0 aromatic heterocycles. The van der Waals surface area contributed by atoms with Crippen LogP contribution in [0.2, 0.25) is 0 Å². The monoisotopic (exact) mass is 265 g/mol. The minimum atomic E-state index is 0.498. The highest BCUT2D eigenvalue weighted by atomic mass is 15.2. The van der Waals surface area contributed by atoms with Gasteiger partial charge in [-0.05, 0) is 76.7 Å². The third kappa shape index (κ3) is 3.14. The quantitative estimate of drug-likeness (QED) is 0.844. The first-order valence-corrected chi connectivity index (χ1v) is 8.48. The van der Waals surface area contributed by atoms with E-state index in [1.54, 1.807) is 0 Å². The summed E-state index contributed by atoms with van der Waals surface area (Å²) in [4.78, 5) is 5.47. The lowest BCUT2D eigenvalue weighted by Gasteiger charge is -2.47. The van der Waals surface area contributed by atoms with Crippen LogP contribution in [0.15, 0.2) is 0 Å². The second-order valence-corrected chi connectivity index (χ2v) is 7.16. The average molecular weight is 265 g/mol. The molecule has 2 aliphatic heterocycles. The van der Waals surface area contributed by atoms with Crippen LogP contribution in [0, 0.1) is 5.41 Å². The average Bonchev–Trinajstić information content (AvgIpc) is 2.45. The smallest absolute Gasteiger partial charge is 0.0120 e. The molecule has 0 amide bonds. The van der Waals surface area contributed by atoms with Crippen molar-refractivity contribution in [2.45, 2.75) is 57.4 Å². The van der Waals surface area contributed by atoms with Gasteiger partial charge in [-0.25, -0.2) is 0 Å². The van der Waals surface area contributed by atoms with Gasteiger partial charge in [-0.1, -0.05) is 12.8 Å². The van der Waals surface area contributed by atoms with Gasteiger partial charge in [0.2, 0.25) is 0 Å². The third-order valence-electron chi connectivity index (χ3n) is 5.87. The van der Waals surface area contributed by atoms with E-state index >= 15 is 0 Å². The standard InChI is InChI=1S/C16H31N3/c17-13-16(7-4-8-16)14-18-11-5-15(6-12-18)19-9-2-1-3-10-19/h15H,1-14,17H2. The Morgan fingerprint density at radius 1 is 0.895 bits per heavy atom. The third-order valence-corrected chi connectivity index (χ3v) is 5.87. The van der Waals surface area contributed by atoms with E-state index in [4.69, 9.17) is 5.73 Å². The molecule has 0 aromatic carbocycles. The number of nitrogens with two attached hydrogens (primary N) is 1. The first-order valence-electron chi connectivity index (χ1n) is 8.48. The molecular formula is C16H31N3. The maximum absolute atomic E-state index is 6.00. The molecule has 0 atom stereocenters. The molecule has 1 saturated carbocycles. The first kappa shape index (κ1) is 13.8. The highest BCUT2D eigenvalue weighted by Gasteiger charge is 2.38. The van der Waals surface area contributed by atoms with Gasteiger partial charge in [0.25, 0.3) is 0 Å². The zero-order valence-corrected chi connectivity index (χ0v) is 12.4. The molecule has 3 nitrogen and oxygen atoms in total. The minimum Gasteiger partial charge on any atom is -0.330 e. The zero-order valence-electron chi connectivity index (χ0n) is 12.4. The molecule has 3 fully saturated rings. The molecule has 0 aromatic rings. The van der Waals surface area contributed by atoms with Crippen LogP contribution in [0.25, 0.3) is 0 Å². The number of hydrogen-bond acceptors (Lipinski definition) is 3. The number of rotatable bonds is 4. The Kier molecular flexibility index (Phi) is 4.45. The summed E-state index contributed by atoms with van der Waals surface area (Å²) in [6.45, 7) is 7.51. The Morgan fingerprint density at radius 2 is 1.58 bits per heavy atom. The molecule has 19 heavy (non-hydrogen) atoms. The van der Waals surface area contributed by atoms with E-state index in [-0.39, 0.29) is 0 Å². The zero-order chi connectivity index (χ0) is 13.1. The molecular weight excluding hydrogens is 234 g/mol. The fourth-order valence-corrected chi connectivity index (χ4v) is 4.30. The summed E-state index contributed by atoms with van der Waals surface area (Å²) in [5.41, 5.74) is 6.49. The summed E-state index contributed by atoms with van der Waals surface area (Å²) in [5, 5.41) is 0. The Bertz CT molecular complexity index is 268. The Hall–Kier alpha value is -0.120. The summed E-state index contributed by atoms with van der Waals surface area (Å²) in [7, 11) is 0. The minimum absolute atomic E-state index is 0.498. The lowest BCUT2D eigenvalue weighted by molar-refractivity contribution is 0.0373. The van der Waals surface area contributed by atoms with Crippen molar-refractivity contribution in [1.29, 1.82) is 0 Å². The predicted octanol–water partition coefficient (Wildman–Crippen LogP) is 2.07. The van der Waals surface area contributed by atoms with Gasteiger partial charge in [0.05, 0.1) is 0 Å². The Morgan fingerprint density at radius 3 is 2.11 bits per heavy atom. The van der Waals surface area contributed by atoms with Gasteiger partial charge in [-0.15, -0.1) is 0 Å². The van der Waals surface area contributed by atoms with Gasteiger partial charge >= 0.3 is 0 Å². The summed E-state index contributed by atoms with van der Waals surface area (Å²) >= 11 is 0. The highest BCUT2D eigenvalue weighted by molar-refractivity contribution is 4.93. The number of nitrogens with zero attached hydrogens (tertiary/aromatic N) is 2. The van der Waals surface area contributed by atoms with Crippen LogP contribution in [0.4, 0.5) is 0 Å². The first-order chi connectivity index (χ1) is 9.31. The lowest BCUT2D eigenvalue weighted by atomic mass is 9.68. The molecule has 3 aliphatic rings. The van der Waals surface area contributed by atoms with Gasteiger partial charge in [0, 0.05) is 12.6 Å².